The Kier molecular flexibility index (Phi) is 6.01. The highest BCUT2D eigenvalue weighted by atomic mass is 19.3. The van der Waals surface area contributed by atoms with Gasteiger partial charge in [-0.15, -0.1) is 0 Å². The van der Waals surface area contributed by atoms with Crippen LogP contribution >= 0.6 is 0 Å². The summed E-state index contributed by atoms with van der Waals surface area (Å²) in [6.45, 7) is 9.82. The first kappa shape index (κ1) is 19.9. The molecule has 0 aliphatic carbocycles. The van der Waals surface area contributed by atoms with Gasteiger partial charge >= 0.3 is 0 Å². The summed E-state index contributed by atoms with van der Waals surface area (Å²) in [7, 11) is 0. The predicted octanol–water partition coefficient (Wildman–Crippen LogP) is 3.86. The zero-order valence-electron chi connectivity index (χ0n) is 16.5. The van der Waals surface area contributed by atoms with Gasteiger partial charge in [0.1, 0.15) is 5.69 Å². The molecule has 0 saturated carbocycles. The number of hydrogen-bond acceptors (Lipinski definition) is 5. The van der Waals surface area contributed by atoms with Crippen molar-refractivity contribution in [1.82, 2.24) is 29.5 Å². The van der Waals surface area contributed by atoms with E-state index in [4.69, 9.17) is 0 Å². The molecular formula is C19H25F2N7. The van der Waals surface area contributed by atoms with Crippen LogP contribution in [0.4, 0.5) is 14.7 Å². The van der Waals surface area contributed by atoms with E-state index in [1.54, 1.807) is 10.9 Å². The molecule has 3 heterocycles. The SMILES string of the molecule is CCn1ncc(-c2cc(C(F)F)nc(NC[C@@H](C)Cn3ccc(C)n3)n2)c1C. The number of alkyl halides is 2. The number of aromatic nitrogens is 6. The van der Waals surface area contributed by atoms with Crippen LogP contribution in [0, 0.1) is 19.8 Å². The lowest BCUT2D eigenvalue weighted by atomic mass is 10.1. The van der Waals surface area contributed by atoms with Crippen molar-refractivity contribution in [2.24, 2.45) is 5.92 Å². The van der Waals surface area contributed by atoms with Gasteiger partial charge in [0.05, 0.1) is 17.6 Å². The minimum atomic E-state index is -2.67. The summed E-state index contributed by atoms with van der Waals surface area (Å²) in [5.41, 5.74) is 2.72. The Hall–Kier alpha value is -2.84. The van der Waals surface area contributed by atoms with Crippen molar-refractivity contribution in [2.45, 2.75) is 47.2 Å². The lowest BCUT2D eigenvalue weighted by molar-refractivity contribution is 0.146. The molecule has 0 fully saturated rings. The highest BCUT2D eigenvalue weighted by Crippen LogP contribution is 2.26. The molecule has 9 heteroatoms. The van der Waals surface area contributed by atoms with Crippen LogP contribution in [0.15, 0.2) is 24.5 Å². The summed E-state index contributed by atoms with van der Waals surface area (Å²) in [6, 6.07) is 3.27. The zero-order chi connectivity index (χ0) is 20.3. The first-order valence-electron chi connectivity index (χ1n) is 9.31. The van der Waals surface area contributed by atoms with E-state index in [2.05, 4.69) is 32.4 Å². The van der Waals surface area contributed by atoms with Crippen molar-refractivity contribution < 1.29 is 8.78 Å². The lowest BCUT2D eigenvalue weighted by Gasteiger charge is -2.14. The number of rotatable bonds is 8. The van der Waals surface area contributed by atoms with E-state index in [1.807, 2.05) is 37.7 Å². The second-order valence-electron chi connectivity index (χ2n) is 6.93. The Morgan fingerprint density at radius 2 is 2.00 bits per heavy atom. The van der Waals surface area contributed by atoms with Crippen molar-refractivity contribution in [3.05, 3.63) is 41.6 Å². The number of nitrogens with one attached hydrogen (secondary N) is 1. The van der Waals surface area contributed by atoms with Gasteiger partial charge in [0.15, 0.2) is 0 Å². The topological polar surface area (TPSA) is 73.5 Å². The van der Waals surface area contributed by atoms with Gasteiger partial charge in [0.25, 0.3) is 6.43 Å². The van der Waals surface area contributed by atoms with Gasteiger partial charge in [0.2, 0.25) is 5.95 Å². The quantitative estimate of drug-likeness (QED) is 0.633. The van der Waals surface area contributed by atoms with E-state index >= 15 is 0 Å². The molecule has 0 bridgehead atoms. The Bertz CT molecular complexity index is 932. The average Bonchev–Trinajstić information content (AvgIpc) is 3.24. The van der Waals surface area contributed by atoms with Gasteiger partial charge in [-0.05, 0) is 38.8 Å². The van der Waals surface area contributed by atoms with Crippen LogP contribution in [0.3, 0.4) is 0 Å². The van der Waals surface area contributed by atoms with Crippen molar-refractivity contribution >= 4 is 5.95 Å². The molecule has 3 aromatic rings. The monoisotopic (exact) mass is 389 g/mol. The first-order valence-corrected chi connectivity index (χ1v) is 9.31. The summed E-state index contributed by atoms with van der Waals surface area (Å²) in [6.07, 6.45) is 0.905. The van der Waals surface area contributed by atoms with E-state index < -0.39 is 6.43 Å². The highest BCUT2D eigenvalue weighted by Gasteiger charge is 2.17. The van der Waals surface area contributed by atoms with Crippen LogP contribution in [0.25, 0.3) is 11.3 Å². The molecule has 1 N–H and O–H groups in total. The Morgan fingerprint density at radius 3 is 2.61 bits per heavy atom. The second-order valence-corrected chi connectivity index (χ2v) is 6.93. The summed E-state index contributed by atoms with van der Waals surface area (Å²) in [4.78, 5) is 8.42. The number of halogens is 2. The first-order chi connectivity index (χ1) is 13.4. The minimum Gasteiger partial charge on any atom is -0.354 e. The summed E-state index contributed by atoms with van der Waals surface area (Å²) < 4.78 is 30.4. The summed E-state index contributed by atoms with van der Waals surface area (Å²) in [5.74, 6) is 0.408. The van der Waals surface area contributed by atoms with Crippen molar-refractivity contribution in [3.8, 4) is 11.3 Å². The van der Waals surface area contributed by atoms with Crippen molar-refractivity contribution in [3.63, 3.8) is 0 Å². The second kappa shape index (κ2) is 8.45. The number of hydrogen-bond donors (Lipinski definition) is 1. The zero-order valence-corrected chi connectivity index (χ0v) is 16.5. The van der Waals surface area contributed by atoms with Gasteiger partial charge < -0.3 is 5.32 Å². The molecule has 0 radical (unpaired) electrons. The number of aryl methyl sites for hydroxylation is 2. The maximum absolute atomic E-state index is 13.4. The third-order valence-electron chi connectivity index (χ3n) is 4.53. The minimum absolute atomic E-state index is 0.194. The predicted molar refractivity (Wildman–Crippen MR) is 103 cm³/mol. The number of nitrogens with zero attached hydrogens (tertiary/aromatic N) is 6. The molecule has 0 aliphatic rings. The maximum Gasteiger partial charge on any atom is 0.280 e. The fraction of sp³-hybridized carbons (Fsp3) is 0.474. The average molecular weight is 389 g/mol. The van der Waals surface area contributed by atoms with Crippen LogP contribution < -0.4 is 5.32 Å². The van der Waals surface area contributed by atoms with Gasteiger partial charge in [-0.2, -0.15) is 10.2 Å². The van der Waals surface area contributed by atoms with Crippen LogP contribution in [-0.4, -0.2) is 36.1 Å². The lowest BCUT2D eigenvalue weighted by Crippen LogP contribution is -2.19. The summed E-state index contributed by atoms with van der Waals surface area (Å²) in [5, 5.41) is 11.7. The molecule has 28 heavy (non-hydrogen) atoms. The van der Waals surface area contributed by atoms with E-state index in [9.17, 15) is 8.78 Å². The third-order valence-corrected chi connectivity index (χ3v) is 4.53. The highest BCUT2D eigenvalue weighted by molar-refractivity contribution is 5.62. The molecule has 3 aromatic heterocycles. The van der Waals surface area contributed by atoms with E-state index in [1.165, 1.54) is 6.07 Å². The molecule has 0 saturated heterocycles. The van der Waals surface area contributed by atoms with Gasteiger partial charge in [-0.3, -0.25) is 9.36 Å². The van der Waals surface area contributed by atoms with Gasteiger partial charge in [-0.1, -0.05) is 6.92 Å². The Balaban J connectivity index is 1.78. The molecule has 0 aromatic carbocycles. The molecule has 3 rings (SSSR count). The molecule has 150 valence electrons. The van der Waals surface area contributed by atoms with Crippen LogP contribution in [-0.2, 0) is 13.1 Å². The molecule has 1 atom stereocenters. The Morgan fingerprint density at radius 1 is 1.21 bits per heavy atom. The maximum atomic E-state index is 13.4. The molecule has 0 aliphatic heterocycles. The van der Waals surface area contributed by atoms with Crippen molar-refractivity contribution in [1.29, 1.82) is 0 Å². The largest absolute Gasteiger partial charge is 0.354 e. The van der Waals surface area contributed by atoms with Crippen LogP contribution in [0.1, 0.15) is 37.4 Å². The molecule has 7 nitrogen and oxygen atoms in total. The van der Waals surface area contributed by atoms with E-state index in [0.717, 1.165) is 17.0 Å². The Labute approximate surface area is 162 Å². The van der Waals surface area contributed by atoms with Crippen LogP contribution in [0.5, 0.6) is 0 Å². The van der Waals surface area contributed by atoms with E-state index in [0.29, 0.717) is 25.3 Å². The smallest absolute Gasteiger partial charge is 0.280 e. The molecular weight excluding hydrogens is 364 g/mol. The van der Waals surface area contributed by atoms with E-state index in [-0.39, 0.29) is 17.6 Å². The van der Waals surface area contributed by atoms with Gasteiger partial charge in [-0.25, -0.2) is 18.7 Å². The van der Waals surface area contributed by atoms with Crippen LogP contribution in [0.2, 0.25) is 0 Å². The third kappa shape index (κ3) is 4.52. The van der Waals surface area contributed by atoms with Gasteiger partial charge in [0, 0.05) is 37.1 Å². The normalized spacial score (nSPS) is 12.5. The fourth-order valence-electron chi connectivity index (χ4n) is 3.03. The molecule has 0 spiro atoms. The summed E-state index contributed by atoms with van der Waals surface area (Å²) >= 11 is 0. The number of anilines is 1. The standard InChI is InChI=1S/C19H25F2N7/c1-5-28-14(4)15(10-23-28)16-8-17(18(20)21)25-19(24-16)22-9-12(2)11-27-7-6-13(3)26-27/h6-8,10,12,18H,5,9,11H2,1-4H3,(H,22,24,25)/t12-/m1/s1. The molecule has 0 amide bonds. The van der Waals surface area contributed by atoms with Crippen molar-refractivity contribution in [2.75, 3.05) is 11.9 Å². The molecule has 0 unspecified atom stereocenters. The fourth-order valence-corrected chi connectivity index (χ4v) is 3.03.